The molecule has 3 rings (SSSR count). The van der Waals surface area contributed by atoms with Gasteiger partial charge in [0.25, 0.3) is 11.8 Å². The number of benzene rings is 2. The number of imide groups is 1. The Hall–Kier alpha value is -3.00. The average molecular weight is 443 g/mol. The van der Waals surface area contributed by atoms with Gasteiger partial charge in [-0.1, -0.05) is 18.2 Å². The number of thioether (sulfide) groups is 1. The monoisotopic (exact) mass is 442 g/mol. The number of carbonyl (C=O) groups is 3. The van der Waals surface area contributed by atoms with Gasteiger partial charge in [0, 0.05) is 13.1 Å². The van der Waals surface area contributed by atoms with Crippen LogP contribution in [0.4, 0.5) is 0 Å². The average Bonchev–Trinajstić information content (AvgIpc) is 3.04. The van der Waals surface area contributed by atoms with Gasteiger partial charge in [-0.15, -0.1) is 11.8 Å². The van der Waals surface area contributed by atoms with Crippen molar-refractivity contribution in [3.05, 3.63) is 59.2 Å². The molecule has 0 radical (unpaired) electrons. The molecule has 0 aliphatic carbocycles. The highest BCUT2D eigenvalue weighted by molar-refractivity contribution is 8.00. The van der Waals surface area contributed by atoms with Crippen LogP contribution in [0.2, 0.25) is 0 Å². The first kappa shape index (κ1) is 22.7. The number of hydrogen-bond acceptors (Lipinski definition) is 6. The summed E-state index contributed by atoms with van der Waals surface area (Å²) in [5.74, 6) is 1.36. The van der Waals surface area contributed by atoms with Crippen molar-refractivity contribution in [1.29, 1.82) is 0 Å². The molecule has 2 aromatic rings. The number of ether oxygens (including phenoxy) is 2. The lowest BCUT2D eigenvalue weighted by molar-refractivity contribution is -0.120. The molecule has 0 aromatic heterocycles. The number of carbonyl (C=O) groups excluding carboxylic acids is 3. The highest BCUT2D eigenvalue weighted by Gasteiger charge is 2.34. The van der Waals surface area contributed by atoms with Gasteiger partial charge in [-0.05, 0) is 48.9 Å². The minimum atomic E-state index is -0.248. The van der Waals surface area contributed by atoms with Crippen LogP contribution in [0.3, 0.4) is 0 Å². The van der Waals surface area contributed by atoms with E-state index in [9.17, 15) is 14.4 Å². The summed E-state index contributed by atoms with van der Waals surface area (Å²) in [6.07, 6.45) is 0.628. The molecule has 0 saturated heterocycles. The minimum Gasteiger partial charge on any atom is -0.493 e. The van der Waals surface area contributed by atoms with Crippen molar-refractivity contribution >= 4 is 29.5 Å². The molecular formula is C23H26N2O5S. The molecule has 8 heteroatoms. The van der Waals surface area contributed by atoms with Crippen molar-refractivity contribution in [1.82, 2.24) is 10.2 Å². The summed E-state index contributed by atoms with van der Waals surface area (Å²) >= 11 is 1.50. The van der Waals surface area contributed by atoms with Crippen LogP contribution in [0, 0.1) is 0 Å². The highest BCUT2D eigenvalue weighted by atomic mass is 32.2. The Balaban J connectivity index is 1.41. The van der Waals surface area contributed by atoms with E-state index in [0.29, 0.717) is 47.9 Å². The molecule has 1 aliphatic rings. The first-order valence-electron chi connectivity index (χ1n) is 10.0. The Labute approximate surface area is 186 Å². The maximum absolute atomic E-state index is 12.4. The molecule has 0 saturated carbocycles. The third-order valence-electron chi connectivity index (χ3n) is 5.06. The van der Waals surface area contributed by atoms with E-state index in [1.165, 1.54) is 16.7 Å². The second-order valence-electron chi connectivity index (χ2n) is 7.08. The van der Waals surface area contributed by atoms with Gasteiger partial charge in [0.1, 0.15) is 0 Å². The van der Waals surface area contributed by atoms with Crippen molar-refractivity contribution < 1.29 is 23.9 Å². The Kier molecular flexibility index (Phi) is 7.57. The van der Waals surface area contributed by atoms with Crippen molar-refractivity contribution in [3.63, 3.8) is 0 Å². The molecule has 1 unspecified atom stereocenters. The number of hydrogen-bond donors (Lipinski definition) is 1. The number of fused-ring (bicyclic) bond motifs is 1. The lowest BCUT2D eigenvalue weighted by Crippen LogP contribution is -2.32. The summed E-state index contributed by atoms with van der Waals surface area (Å²) < 4.78 is 10.5. The number of amides is 3. The van der Waals surface area contributed by atoms with Gasteiger partial charge < -0.3 is 14.8 Å². The van der Waals surface area contributed by atoms with Gasteiger partial charge >= 0.3 is 0 Å². The summed E-state index contributed by atoms with van der Waals surface area (Å²) in [4.78, 5) is 38.4. The first-order valence-corrected chi connectivity index (χ1v) is 11.1. The van der Waals surface area contributed by atoms with E-state index in [1.54, 1.807) is 44.6 Å². The van der Waals surface area contributed by atoms with Gasteiger partial charge in [-0.2, -0.15) is 0 Å². The largest absolute Gasteiger partial charge is 0.493 e. The van der Waals surface area contributed by atoms with E-state index in [-0.39, 0.29) is 23.0 Å². The summed E-state index contributed by atoms with van der Waals surface area (Å²) in [6, 6.07) is 12.4. The summed E-state index contributed by atoms with van der Waals surface area (Å²) in [5.41, 5.74) is 1.83. The minimum absolute atomic E-state index is 0.0690. The van der Waals surface area contributed by atoms with E-state index in [2.05, 4.69) is 5.32 Å². The summed E-state index contributed by atoms with van der Waals surface area (Å²) in [6.45, 7) is 2.58. The maximum atomic E-state index is 12.4. The lowest BCUT2D eigenvalue weighted by atomic mass is 10.1. The van der Waals surface area contributed by atoms with E-state index in [1.807, 2.05) is 19.1 Å². The highest BCUT2D eigenvalue weighted by Crippen LogP contribution is 2.27. The van der Waals surface area contributed by atoms with E-state index in [0.717, 1.165) is 5.56 Å². The standard InChI is InChI=1S/C23H26N2O5S/c1-15(21(26)24-14-16-9-10-19(29-2)20(13-16)30-3)31-12-6-11-25-22(27)17-7-4-5-8-18(17)23(25)28/h4-5,7-10,13,15H,6,11-12,14H2,1-3H3,(H,24,26). The normalized spacial score (nSPS) is 13.7. The van der Waals surface area contributed by atoms with Crippen molar-refractivity contribution in [2.24, 2.45) is 0 Å². The number of rotatable bonds is 10. The van der Waals surface area contributed by atoms with Gasteiger partial charge in [0.15, 0.2) is 11.5 Å². The van der Waals surface area contributed by atoms with Gasteiger partial charge in [0.2, 0.25) is 5.91 Å². The van der Waals surface area contributed by atoms with Crippen LogP contribution >= 0.6 is 11.8 Å². The zero-order chi connectivity index (χ0) is 22.4. The van der Waals surface area contributed by atoms with E-state index in [4.69, 9.17) is 9.47 Å². The van der Waals surface area contributed by atoms with Crippen LogP contribution in [-0.4, -0.2) is 54.4 Å². The Bertz CT molecular complexity index is 943. The van der Waals surface area contributed by atoms with Crippen LogP contribution in [0.15, 0.2) is 42.5 Å². The van der Waals surface area contributed by atoms with E-state index < -0.39 is 0 Å². The fourth-order valence-corrected chi connectivity index (χ4v) is 4.21. The number of nitrogens with one attached hydrogen (secondary N) is 1. The van der Waals surface area contributed by atoms with Crippen molar-refractivity contribution in [2.75, 3.05) is 26.5 Å². The molecule has 3 amide bonds. The Morgan fingerprint density at radius 3 is 2.29 bits per heavy atom. The molecule has 7 nitrogen and oxygen atoms in total. The Morgan fingerprint density at radius 2 is 1.68 bits per heavy atom. The fourth-order valence-electron chi connectivity index (χ4n) is 3.32. The molecule has 2 aromatic carbocycles. The van der Waals surface area contributed by atoms with Crippen LogP contribution < -0.4 is 14.8 Å². The maximum Gasteiger partial charge on any atom is 0.261 e. The van der Waals surface area contributed by atoms with Crippen molar-refractivity contribution in [3.8, 4) is 11.5 Å². The van der Waals surface area contributed by atoms with Crippen LogP contribution in [-0.2, 0) is 11.3 Å². The smallest absolute Gasteiger partial charge is 0.261 e. The third kappa shape index (κ3) is 5.19. The summed E-state index contributed by atoms with van der Waals surface area (Å²) in [7, 11) is 3.15. The zero-order valence-corrected chi connectivity index (χ0v) is 18.7. The molecule has 1 atom stereocenters. The molecule has 1 N–H and O–H groups in total. The third-order valence-corrected chi connectivity index (χ3v) is 6.29. The quantitative estimate of drug-likeness (QED) is 0.450. The van der Waals surface area contributed by atoms with Crippen LogP contribution in [0.1, 0.15) is 39.6 Å². The molecule has 31 heavy (non-hydrogen) atoms. The molecule has 0 bridgehead atoms. The SMILES string of the molecule is COc1ccc(CNC(=O)C(C)SCCCN2C(=O)c3ccccc3C2=O)cc1OC. The molecule has 164 valence electrons. The molecular weight excluding hydrogens is 416 g/mol. The van der Waals surface area contributed by atoms with Gasteiger partial charge in [-0.25, -0.2) is 0 Å². The number of methoxy groups -OCH3 is 2. The first-order chi connectivity index (χ1) is 15.0. The summed E-state index contributed by atoms with van der Waals surface area (Å²) in [5, 5.41) is 2.67. The molecule has 0 fully saturated rings. The predicted molar refractivity (Wildman–Crippen MR) is 120 cm³/mol. The van der Waals surface area contributed by atoms with Gasteiger partial charge in [0.05, 0.1) is 30.6 Å². The topological polar surface area (TPSA) is 84.9 Å². The lowest BCUT2D eigenvalue weighted by Gasteiger charge is -2.15. The second-order valence-corrected chi connectivity index (χ2v) is 8.53. The zero-order valence-electron chi connectivity index (χ0n) is 17.8. The Morgan fingerprint density at radius 1 is 1.03 bits per heavy atom. The molecule has 1 aliphatic heterocycles. The second kappa shape index (κ2) is 10.3. The van der Waals surface area contributed by atoms with Crippen LogP contribution in [0.5, 0.6) is 11.5 Å². The van der Waals surface area contributed by atoms with Crippen molar-refractivity contribution in [2.45, 2.75) is 25.1 Å². The molecule has 1 heterocycles. The fraction of sp³-hybridized carbons (Fsp3) is 0.348. The molecule has 0 spiro atoms. The van der Waals surface area contributed by atoms with Gasteiger partial charge in [-0.3, -0.25) is 19.3 Å². The van der Waals surface area contributed by atoms with E-state index >= 15 is 0 Å². The number of nitrogens with zero attached hydrogens (tertiary/aromatic N) is 1. The predicted octanol–water partition coefficient (Wildman–Crippen LogP) is 3.13. The van der Waals surface area contributed by atoms with Crippen LogP contribution in [0.25, 0.3) is 0 Å².